The second-order valence-electron chi connectivity index (χ2n) is 2.62. The lowest BCUT2D eigenvalue weighted by Crippen LogP contribution is -2.45. The molecule has 4 nitrogen and oxygen atoms in total. The predicted octanol–water partition coefficient (Wildman–Crippen LogP) is 0.395. The van der Waals surface area contributed by atoms with Gasteiger partial charge in [-0.2, -0.15) is 8.42 Å². The zero-order chi connectivity index (χ0) is 10.6. The molecule has 0 unspecified atom stereocenters. The fourth-order valence-corrected chi connectivity index (χ4v) is 1.26. The van der Waals surface area contributed by atoms with Gasteiger partial charge in [0.05, 0.1) is 5.75 Å². The van der Waals surface area contributed by atoms with Crippen molar-refractivity contribution in [3.63, 3.8) is 0 Å². The highest BCUT2D eigenvalue weighted by atomic mass is 32.2. The highest BCUT2D eigenvalue weighted by molar-refractivity contribution is 7.86. The lowest BCUT2D eigenvalue weighted by molar-refractivity contribution is -0.856. The Hall–Kier alpha value is -1.36. The molecular formula is C9H12NO3S+. The molecule has 0 aliphatic heterocycles. The summed E-state index contributed by atoms with van der Waals surface area (Å²) < 4.78 is 28.0. The molecule has 0 saturated heterocycles. The molecule has 0 saturated carbocycles. The van der Waals surface area contributed by atoms with Crippen LogP contribution in [-0.2, 0) is 10.1 Å². The topological polar surface area (TPSA) is 47.2 Å². The van der Waals surface area contributed by atoms with Crippen molar-refractivity contribution in [2.75, 3.05) is 5.75 Å². The summed E-state index contributed by atoms with van der Waals surface area (Å²) in [5.41, 5.74) is 0.902. The van der Waals surface area contributed by atoms with Crippen LogP contribution in [0.2, 0.25) is 0 Å². The van der Waals surface area contributed by atoms with Gasteiger partial charge >= 0.3 is 10.1 Å². The second kappa shape index (κ2) is 4.23. The summed E-state index contributed by atoms with van der Waals surface area (Å²) in [7, 11) is -3.45. The number of hydrogen-bond donors (Lipinski definition) is 0. The van der Waals surface area contributed by atoms with Crippen molar-refractivity contribution < 1.29 is 17.4 Å². The molecule has 14 heavy (non-hydrogen) atoms. The minimum absolute atomic E-state index is 0.0524. The number of rotatable bonds is 4. The first-order valence-corrected chi connectivity index (χ1v) is 5.71. The average molecular weight is 214 g/mol. The number of hydrogen-bond acceptors (Lipinski definition) is 3. The molecule has 0 bridgehead atoms. The van der Waals surface area contributed by atoms with E-state index in [1.54, 1.807) is 18.2 Å². The highest BCUT2D eigenvalue weighted by Gasteiger charge is 2.14. The molecule has 0 amide bonds. The first kappa shape index (κ1) is 10.7. The molecule has 0 spiro atoms. The van der Waals surface area contributed by atoms with Crippen LogP contribution in [0.15, 0.2) is 31.1 Å². The molecule has 0 aliphatic rings. The van der Waals surface area contributed by atoms with Crippen molar-refractivity contribution in [3.05, 3.63) is 36.7 Å². The first-order valence-electron chi connectivity index (χ1n) is 4.14. The summed E-state index contributed by atoms with van der Waals surface area (Å²) in [6, 6.07) is 3.41. The van der Waals surface area contributed by atoms with E-state index in [9.17, 15) is 8.42 Å². The molecule has 1 heterocycles. The third-order valence-electron chi connectivity index (χ3n) is 1.62. The smallest absolute Gasteiger partial charge is 0.181 e. The van der Waals surface area contributed by atoms with Crippen LogP contribution >= 0.6 is 0 Å². The van der Waals surface area contributed by atoms with Crippen molar-refractivity contribution in [2.45, 2.75) is 6.92 Å². The molecule has 0 aromatic carbocycles. The zero-order valence-electron chi connectivity index (χ0n) is 7.88. The molecule has 5 heteroatoms. The standard InChI is InChI=1S/C9H12NO3S/c1-3-9-5-7-10(8-6-9)13-14(11,12)4-2/h3,5-8H,1,4H2,2H3/q+1. The maximum atomic E-state index is 11.1. The van der Waals surface area contributed by atoms with Gasteiger partial charge in [-0.1, -0.05) is 12.7 Å². The third kappa shape index (κ3) is 2.85. The summed E-state index contributed by atoms with van der Waals surface area (Å²) >= 11 is 0. The summed E-state index contributed by atoms with van der Waals surface area (Å²) in [4.78, 5) is 0. The lowest BCUT2D eigenvalue weighted by Gasteiger charge is -1.96. The summed E-state index contributed by atoms with van der Waals surface area (Å²) in [6.07, 6.45) is 4.70. The van der Waals surface area contributed by atoms with Gasteiger partial charge in [0.25, 0.3) is 0 Å². The van der Waals surface area contributed by atoms with Crippen LogP contribution in [-0.4, -0.2) is 14.2 Å². The second-order valence-corrected chi connectivity index (χ2v) is 4.46. The normalized spacial score (nSPS) is 10.9. The van der Waals surface area contributed by atoms with Gasteiger partial charge in [0.2, 0.25) is 12.4 Å². The van der Waals surface area contributed by atoms with E-state index in [1.165, 1.54) is 19.3 Å². The van der Waals surface area contributed by atoms with Crippen LogP contribution in [0.4, 0.5) is 0 Å². The monoisotopic (exact) mass is 214 g/mol. The van der Waals surface area contributed by atoms with Crippen molar-refractivity contribution in [1.29, 1.82) is 0 Å². The quantitative estimate of drug-likeness (QED) is 0.681. The summed E-state index contributed by atoms with van der Waals surface area (Å²) in [5.74, 6) is -0.0524. The Kier molecular flexibility index (Phi) is 3.24. The van der Waals surface area contributed by atoms with Crippen molar-refractivity contribution in [1.82, 2.24) is 0 Å². The predicted molar refractivity (Wildman–Crippen MR) is 52.8 cm³/mol. The first-order chi connectivity index (χ1) is 6.57. The van der Waals surface area contributed by atoms with Crippen LogP contribution in [0, 0.1) is 0 Å². The third-order valence-corrected chi connectivity index (χ3v) is 2.72. The Balaban J connectivity index is 2.84. The van der Waals surface area contributed by atoms with Gasteiger partial charge in [-0.25, -0.2) is 0 Å². The molecular weight excluding hydrogens is 202 g/mol. The SMILES string of the molecule is C=Cc1cc[n+](OS(=O)(=O)CC)cc1. The van der Waals surface area contributed by atoms with E-state index in [1.807, 2.05) is 0 Å². The zero-order valence-corrected chi connectivity index (χ0v) is 8.70. The fourth-order valence-electron chi connectivity index (χ4n) is 0.794. The summed E-state index contributed by atoms with van der Waals surface area (Å²) in [6.45, 7) is 5.10. The Morgan fingerprint density at radius 1 is 1.50 bits per heavy atom. The Labute approximate surface area is 83.5 Å². The lowest BCUT2D eigenvalue weighted by atomic mass is 10.3. The number of aromatic nitrogens is 1. The van der Waals surface area contributed by atoms with Crippen LogP contribution in [0.3, 0.4) is 0 Å². The largest absolute Gasteiger partial charge is 0.367 e. The molecule has 0 radical (unpaired) electrons. The molecule has 0 atom stereocenters. The van der Waals surface area contributed by atoms with E-state index in [-0.39, 0.29) is 5.75 Å². The molecule has 76 valence electrons. The maximum Gasteiger partial charge on any atom is 0.367 e. The van der Waals surface area contributed by atoms with E-state index in [2.05, 4.69) is 6.58 Å². The van der Waals surface area contributed by atoms with Gasteiger partial charge in [-0.05, 0) is 12.5 Å². The molecule has 1 rings (SSSR count). The van der Waals surface area contributed by atoms with Gasteiger partial charge in [0.15, 0.2) is 0 Å². The average Bonchev–Trinajstić information content (AvgIpc) is 2.19. The number of pyridine rings is 1. The minimum Gasteiger partial charge on any atom is -0.181 e. The van der Waals surface area contributed by atoms with Gasteiger partial charge in [-0.3, -0.25) is 0 Å². The van der Waals surface area contributed by atoms with Crippen molar-refractivity contribution >= 4 is 16.2 Å². The van der Waals surface area contributed by atoms with Crippen LogP contribution in [0.5, 0.6) is 0 Å². The highest BCUT2D eigenvalue weighted by Crippen LogP contribution is 1.95. The van der Waals surface area contributed by atoms with Crippen LogP contribution < -0.4 is 9.01 Å². The van der Waals surface area contributed by atoms with E-state index < -0.39 is 10.1 Å². The maximum absolute atomic E-state index is 11.1. The Bertz CT molecular complexity index is 408. The van der Waals surface area contributed by atoms with E-state index in [4.69, 9.17) is 4.28 Å². The van der Waals surface area contributed by atoms with E-state index in [0.29, 0.717) is 0 Å². The van der Waals surface area contributed by atoms with Crippen LogP contribution in [0.25, 0.3) is 6.08 Å². The summed E-state index contributed by atoms with van der Waals surface area (Å²) in [5, 5.41) is 0. The number of nitrogens with zero attached hydrogens (tertiary/aromatic N) is 1. The van der Waals surface area contributed by atoms with E-state index in [0.717, 1.165) is 10.3 Å². The molecule has 0 aliphatic carbocycles. The van der Waals surface area contributed by atoms with Gasteiger partial charge in [0, 0.05) is 16.9 Å². The Morgan fingerprint density at radius 2 is 2.07 bits per heavy atom. The Morgan fingerprint density at radius 3 is 2.50 bits per heavy atom. The van der Waals surface area contributed by atoms with Gasteiger partial charge in [-0.15, -0.1) is 4.28 Å². The molecule has 1 aromatic rings. The van der Waals surface area contributed by atoms with Gasteiger partial charge < -0.3 is 0 Å². The molecule has 0 N–H and O–H groups in total. The van der Waals surface area contributed by atoms with E-state index >= 15 is 0 Å². The van der Waals surface area contributed by atoms with Crippen molar-refractivity contribution in [3.8, 4) is 0 Å². The molecule has 1 aromatic heterocycles. The van der Waals surface area contributed by atoms with Crippen LogP contribution in [0.1, 0.15) is 12.5 Å². The molecule has 0 fully saturated rings. The minimum atomic E-state index is -3.45. The fraction of sp³-hybridized carbons (Fsp3) is 0.222. The van der Waals surface area contributed by atoms with Crippen molar-refractivity contribution in [2.24, 2.45) is 0 Å². The van der Waals surface area contributed by atoms with Gasteiger partial charge in [0.1, 0.15) is 0 Å².